The summed E-state index contributed by atoms with van der Waals surface area (Å²) in [5.41, 5.74) is 1.50. The first kappa shape index (κ1) is 17.6. The number of nitrogens with zero attached hydrogens (tertiary/aromatic N) is 2. The molecule has 1 fully saturated rings. The quantitative estimate of drug-likeness (QED) is 0.765. The average molecular weight is 384 g/mol. The summed E-state index contributed by atoms with van der Waals surface area (Å²) in [5.74, 6) is -0.142. The molecule has 1 saturated heterocycles. The van der Waals surface area contributed by atoms with Crippen molar-refractivity contribution in [2.45, 2.75) is 6.42 Å². The molecule has 1 aliphatic heterocycles. The van der Waals surface area contributed by atoms with Gasteiger partial charge in [0.15, 0.2) is 0 Å². The number of amides is 1. The van der Waals surface area contributed by atoms with E-state index in [1.165, 1.54) is 15.6 Å². The molecule has 0 radical (unpaired) electrons. The Morgan fingerprint density at radius 3 is 2.62 bits per heavy atom. The zero-order chi connectivity index (χ0) is 17.1. The van der Waals surface area contributed by atoms with E-state index in [4.69, 9.17) is 11.6 Å². The zero-order valence-electron chi connectivity index (χ0n) is 12.8. The molecule has 0 bridgehead atoms. The van der Waals surface area contributed by atoms with E-state index in [-0.39, 0.29) is 5.91 Å². The lowest BCUT2D eigenvalue weighted by atomic mass is 10.1. The van der Waals surface area contributed by atoms with Crippen molar-refractivity contribution in [3.8, 4) is 10.4 Å². The second-order valence-corrected chi connectivity index (χ2v) is 8.06. The summed E-state index contributed by atoms with van der Waals surface area (Å²) in [5, 5.41) is 0. The first-order valence-corrected chi connectivity index (χ1v) is 9.77. The summed E-state index contributed by atoms with van der Waals surface area (Å²) in [6, 6.07) is 11.6. The molecule has 1 aromatic carbocycles. The molecule has 0 N–H and O–H groups in total. The van der Waals surface area contributed by atoms with Crippen LogP contribution in [-0.4, -0.2) is 50.1 Å². The number of carbonyl (C=O) groups is 1. The monoisotopic (exact) mass is 383 g/mol. The summed E-state index contributed by atoms with van der Waals surface area (Å²) in [4.78, 5) is 15.4. The highest BCUT2D eigenvalue weighted by Gasteiger charge is 2.24. The van der Waals surface area contributed by atoms with Crippen LogP contribution in [0.2, 0.25) is 4.34 Å². The summed E-state index contributed by atoms with van der Waals surface area (Å²) in [7, 11) is 0. The number of thiophene rings is 1. The van der Waals surface area contributed by atoms with Crippen molar-refractivity contribution in [3.63, 3.8) is 0 Å². The smallest absolute Gasteiger partial charge is 0.256 e. The lowest BCUT2D eigenvalue weighted by Gasteiger charge is -2.23. The SMILES string of the molecule is O=C(c1cc(-c2ccccc2)sc1Cl)N1CCCN(S(=O)[O-])CC1. The maximum atomic E-state index is 12.8. The van der Waals surface area contributed by atoms with E-state index >= 15 is 0 Å². The molecule has 0 saturated carbocycles. The van der Waals surface area contributed by atoms with Gasteiger partial charge in [0.25, 0.3) is 5.91 Å². The van der Waals surface area contributed by atoms with Crippen LogP contribution in [0.4, 0.5) is 0 Å². The molecule has 0 spiro atoms. The van der Waals surface area contributed by atoms with Gasteiger partial charge < -0.3 is 9.45 Å². The number of benzene rings is 1. The molecule has 5 nitrogen and oxygen atoms in total. The lowest BCUT2D eigenvalue weighted by molar-refractivity contribution is 0.0765. The van der Waals surface area contributed by atoms with Gasteiger partial charge >= 0.3 is 0 Å². The highest BCUT2D eigenvalue weighted by Crippen LogP contribution is 2.35. The van der Waals surface area contributed by atoms with Gasteiger partial charge in [-0.1, -0.05) is 41.9 Å². The van der Waals surface area contributed by atoms with Crippen molar-refractivity contribution >= 4 is 40.1 Å². The van der Waals surface area contributed by atoms with Crippen LogP contribution in [0.3, 0.4) is 0 Å². The van der Waals surface area contributed by atoms with Crippen LogP contribution in [0.1, 0.15) is 16.8 Å². The van der Waals surface area contributed by atoms with Crippen molar-refractivity contribution in [1.82, 2.24) is 9.21 Å². The minimum absolute atomic E-state index is 0.142. The minimum Gasteiger partial charge on any atom is -0.760 e. The van der Waals surface area contributed by atoms with E-state index < -0.39 is 11.3 Å². The molecule has 1 aliphatic rings. The van der Waals surface area contributed by atoms with E-state index in [9.17, 15) is 13.6 Å². The van der Waals surface area contributed by atoms with Gasteiger partial charge in [-0.15, -0.1) is 11.3 Å². The molecule has 2 aromatic rings. The third-order valence-electron chi connectivity index (χ3n) is 3.93. The van der Waals surface area contributed by atoms with Gasteiger partial charge in [0.05, 0.1) is 5.56 Å². The van der Waals surface area contributed by atoms with E-state index in [0.29, 0.717) is 42.5 Å². The standard InChI is InChI=1S/C16H17ClN2O3S2/c17-15-13(11-14(23-15)12-5-2-1-3-6-12)16(20)18-7-4-8-19(10-9-18)24(21)22/h1-3,5-6,11H,4,7-10H2,(H,21,22)/p-1. The Hall–Kier alpha value is -1.25. The second kappa shape index (κ2) is 7.76. The highest BCUT2D eigenvalue weighted by atomic mass is 35.5. The molecule has 8 heteroatoms. The lowest BCUT2D eigenvalue weighted by Crippen LogP contribution is -2.35. The Labute approximate surface area is 152 Å². The predicted octanol–water partition coefficient (Wildman–Crippen LogP) is 3.01. The Morgan fingerprint density at radius 1 is 1.17 bits per heavy atom. The Kier molecular flexibility index (Phi) is 5.68. The molecule has 1 aromatic heterocycles. The Balaban J connectivity index is 1.78. The van der Waals surface area contributed by atoms with Crippen LogP contribution in [-0.2, 0) is 11.3 Å². The Morgan fingerprint density at radius 2 is 1.92 bits per heavy atom. The molecule has 24 heavy (non-hydrogen) atoms. The van der Waals surface area contributed by atoms with Crippen LogP contribution in [0.25, 0.3) is 10.4 Å². The van der Waals surface area contributed by atoms with Crippen molar-refractivity contribution in [1.29, 1.82) is 0 Å². The molecule has 1 unspecified atom stereocenters. The van der Waals surface area contributed by atoms with Crippen LogP contribution >= 0.6 is 22.9 Å². The van der Waals surface area contributed by atoms with Gasteiger partial charge in [0, 0.05) is 42.3 Å². The van der Waals surface area contributed by atoms with Crippen molar-refractivity contribution in [3.05, 3.63) is 46.3 Å². The number of halogens is 1. The van der Waals surface area contributed by atoms with E-state index in [1.807, 2.05) is 36.4 Å². The van der Waals surface area contributed by atoms with Gasteiger partial charge in [-0.3, -0.25) is 9.00 Å². The van der Waals surface area contributed by atoms with E-state index in [2.05, 4.69) is 0 Å². The fraction of sp³-hybridized carbons (Fsp3) is 0.312. The van der Waals surface area contributed by atoms with Crippen molar-refractivity contribution in [2.75, 3.05) is 26.2 Å². The Bertz CT molecular complexity index is 751. The molecule has 3 rings (SSSR count). The van der Waals surface area contributed by atoms with Gasteiger partial charge in [-0.2, -0.15) is 0 Å². The molecule has 0 aliphatic carbocycles. The van der Waals surface area contributed by atoms with Crippen molar-refractivity contribution < 1.29 is 13.6 Å². The second-order valence-electron chi connectivity index (χ2n) is 5.46. The summed E-state index contributed by atoms with van der Waals surface area (Å²) in [6.45, 7) is 1.65. The van der Waals surface area contributed by atoms with Crippen LogP contribution in [0, 0.1) is 0 Å². The molecular formula is C16H16ClN2O3S2-. The normalized spacial score (nSPS) is 17.5. The van der Waals surface area contributed by atoms with Crippen molar-refractivity contribution in [2.24, 2.45) is 0 Å². The largest absolute Gasteiger partial charge is 0.760 e. The molecule has 128 valence electrons. The van der Waals surface area contributed by atoms with Gasteiger partial charge in [0.2, 0.25) is 0 Å². The van der Waals surface area contributed by atoms with Gasteiger partial charge in [-0.05, 0) is 18.1 Å². The zero-order valence-corrected chi connectivity index (χ0v) is 15.2. The fourth-order valence-electron chi connectivity index (χ4n) is 2.68. The number of hydrogen-bond acceptors (Lipinski definition) is 4. The predicted molar refractivity (Wildman–Crippen MR) is 95.8 cm³/mol. The van der Waals surface area contributed by atoms with E-state index in [0.717, 1.165) is 10.4 Å². The fourth-order valence-corrected chi connectivity index (χ4v) is 4.45. The number of carbonyl (C=O) groups excluding carboxylic acids is 1. The summed E-state index contributed by atoms with van der Waals surface area (Å²) < 4.78 is 24.0. The number of rotatable bonds is 3. The van der Waals surface area contributed by atoms with Crippen LogP contribution in [0.5, 0.6) is 0 Å². The maximum Gasteiger partial charge on any atom is 0.256 e. The molecular weight excluding hydrogens is 368 g/mol. The van der Waals surface area contributed by atoms with Crippen LogP contribution in [0.15, 0.2) is 36.4 Å². The first-order chi connectivity index (χ1) is 11.6. The highest BCUT2D eigenvalue weighted by molar-refractivity contribution is 7.76. The third-order valence-corrected chi connectivity index (χ3v) is 6.12. The van der Waals surface area contributed by atoms with Gasteiger partial charge in [-0.25, -0.2) is 4.31 Å². The third kappa shape index (κ3) is 3.87. The summed E-state index contributed by atoms with van der Waals surface area (Å²) in [6.07, 6.45) is 0.618. The van der Waals surface area contributed by atoms with E-state index in [1.54, 1.807) is 4.90 Å². The van der Waals surface area contributed by atoms with Crippen LogP contribution < -0.4 is 0 Å². The average Bonchev–Trinajstić information content (AvgIpc) is 2.81. The maximum absolute atomic E-state index is 12.8. The topological polar surface area (TPSA) is 63.7 Å². The van der Waals surface area contributed by atoms with Gasteiger partial charge in [0.1, 0.15) is 4.34 Å². The first-order valence-electron chi connectivity index (χ1n) is 7.54. The number of hydrogen-bond donors (Lipinski definition) is 0. The minimum atomic E-state index is -2.24. The molecule has 1 amide bonds. The molecule has 2 heterocycles. The summed E-state index contributed by atoms with van der Waals surface area (Å²) >= 11 is 5.43. The molecule has 1 atom stereocenters.